The first-order valence-corrected chi connectivity index (χ1v) is 12.2. The summed E-state index contributed by atoms with van der Waals surface area (Å²) in [6.07, 6.45) is -2.70. The molecule has 15 heteroatoms. The molecule has 0 fully saturated rings. The lowest BCUT2D eigenvalue weighted by Gasteiger charge is -2.12. The number of hydrogen-bond donors (Lipinski definition) is 0. The zero-order valence-electron chi connectivity index (χ0n) is 20.0. The molecule has 0 saturated carbocycles. The zero-order valence-corrected chi connectivity index (χ0v) is 21.6. The molecule has 0 bridgehead atoms. The van der Waals surface area contributed by atoms with Gasteiger partial charge in [-0.2, -0.15) is 18.4 Å². The monoisotopic (exact) mass is 578 g/mol. The van der Waals surface area contributed by atoms with Crippen LogP contribution in [-0.4, -0.2) is 30.8 Å². The van der Waals surface area contributed by atoms with Crippen molar-refractivity contribution in [3.8, 4) is 27.9 Å². The van der Waals surface area contributed by atoms with E-state index in [1.165, 1.54) is 23.8 Å². The van der Waals surface area contributed by atoms with E-state index in [1.54, 1.807) is 0 Å². The van der Waals surface area contributed by atoms with E-state index < -0.39 is 29.1 Å². The molecule has 1 aromatic carbocycles. The van der Waals surface area contributed by atoms with Gasteiger partial charge in [0.25, 0.3) is 5.56 Å². The average molecular weight is 579 g/mol. The maximum Gasteiger partial charge on any atom is 0.449 e. The van der Waals surface area contributed by atoms with Crippen LogP contribution in [0.25, 0.3) is 37.4 Å². The first-order valence-electron chi connectivity index (χ1n) is 11.1. The first-order chi connectivity index (χ1) is 18.5. The second-order valence-electron chi connectivity index (χ2n) is 8.29. The number of benzene rings is 1. The lowest BCUT2D eigenvalue weighted by atomic mass is 10.1. The molecule has 5 aromatic rings. The quantitative estimate of drug-likeness (QED) is 0.275. The molecule has 0 aliphatic heterocycles. The van der Waals surface area contributed by atoms with Crippen LogP contribution in [0.2, 0.25) is 5.02 Å². The number of imidazole rings is 1. The van der Waals surface area contributed by atoms with Crippen LogP contribution in [0.3, 0.4) is 0 Å². The van der Waals surface area contributed by atoms with E-state index in [0.29, 0.717) is 15.0 Å². The molecule has 4 aromatic heterocycles. The number of halogens is 5. The lowest BCUT2D eigenvalue weighted by molar-refractivity contribution is -0.146. The Balaban J connectivity index is 1.86. The van der Waals surface area contributed by atoms with Gasteiger partial charge in [-0.05, 0) is 18.2 Å². The normalized spacial score (nSPS) is 11.8. The Kier molecular flexibility index (Phi) is 6.44. The summed E-state index contributed by atoms with van der Waals surface area (Å²) in [6.45, 7) is -0.120. The molecule has 0 aliphatic carbocycles. The molecule has 0 atom stereocenters. The van der Waals surface area contributed by atoms with Gasteiger partial charge in [-0.1, -0.05) is 11.6 Å². The molecule has 9 nitrogen and oxygen atoms in total. The van der Waals surface area contributed by atoms with Gasteiger partial charge in [0.05, 0.1) is 53.7 Å². The molecular formula is C24H15ClF4N6O3S. The van der Waals surface area contributed by atoms with Crippen LogP contribution in [-0.2, 0) is 19.8 Å². The summed E-state index contributed by atoms with van der Waals surface area (Å²) in [5.41, 5.74) is -1.73. The Morgan fingerprint density at radius 1 is 1.21 bits per heavy atom. The van der Waals surface area contributed by atoms with Crippen LogP contribution < -0.4 is 16.0 Å². The minimum atomic E-state index is -4.80. The molecule has 39 heavy (non-hydrogen) atoms. The lowest BCUT2D eigenvalue weighted by Crippen LogP contribution is -2.38. The number of rotatable bonds is 5. The number of ether oxygens (including phenoxy) is 1. The standard InChI is InChI=1S/C24H15ClF4N6O3S/c1-33-19-14(32-22(33)24(27,28)29)9-31-10-16(19)35-21(36)20-15(34(23(35)37)5-3-4-30)8-18(39-20)11-6-17(38-2)13(26)7-12(11)25/h6-10H,3,5H2,1-2H3. The van der Waals surface area contributed by atoms with Crippen molar-refractivity contribution in [3.63, 3.8) is 0 Å². The summed E-state index contributed by atoms with van der Waals surface area (Å²) in [5, 5.41) is 9.19. The third-order valence-electron chi connectivity index (χ3n) is 6.03. The van der Waals surface area contributed by atoms with Crippen LogP contribution in [0.1, 0.15) is 12.2 Å². The maximum atomic E-state index is 14.1. The average Bonchev–Trinajstić information content (AvgIpc) is 3.47. The van der Waals surface area contributed by atoms with E-state index in [4.69, 9.17) is 21.6 Å². The van der Waals surface area contributed by atoms with E-state index in [1.807, 2.05) is 6.07 Å². The van der Waals surface area contributed by atoms with Gasteiger partial charge in [0, 0.05) is 24.0 Å². The van der Waals surface area contributed by atoms with Crippen molar-refractivity contribution in [2.75, 3.05) is 7.11 Å². The van der Waals surface area contributed by atoms with E-state index >= 15 is 0 Å². The number of fused-ring (bicyclic) bond motifs is 2. The summed E-state index contributed by atoms with van der Waals surface area (Å²) in [7, 11) is 2.39. The van der Waals surface area contributed by atoms with E-state index in [0.717, 1.165) is 41.4 Å². The highest BCUT2D eigenvalue weighted by molar-refractivity contribution is 7.22. The Morgan fingerprint density at radius 3 is 2.62 bits per heavy atom. The smallest absolute Gasteiger partial charge is 0.449 e. The molecule has 0 amide bonds. The van der Waals surface area contributed by atoms with Crippen LogP contribution >= 0.6 is 22.9 Å². The molecule has 200 valence electrons. The molecule has 0 radical (unpaired) electrons. The highest BCUT2D eigenvalue weighted by atomic mass is 35.5. The van der Waals surface area contributed by atoms with Crippen LogP contribution in [0, 0.1) is 17.1 Å². The molecule has 0 aliphatic rings. The van der Waals surface area contributed by atoms with Crippen molar-refractivity contribution in [2.24, 2.45) is 7.05 Å². The van der Waals surface area contributed by atoms with Gasteiger partial charge < -0.3 is 9.30 Å². The largest absolute Gasteiger partial charge is 0.494 e. The fraction of sp³-hybridized carbons (Fsp3) is 0.208. The Morgan fingerprint density at radius 2 is 1.95 bits per heavy atom. The summed E-state index contributed by atoms with van der Waals surface area (Å²) in [4.78, 5) is 35.3. The molecule has 0 saturated heterocycles. The van der Waals surface area contributed by atoms with Crippen molar-refractivity contribution >= 4 is 44.2 Å². The van der Waals surface area contributed by atoms with Crippen LogP contribution in [0.4, 0.5) is 17.6 Å². The first kappa shape index (κ1) is 26.4. The second kappa shape index (κ2) is 9.51. The van der Waals surface area contributed by atoms with Gasteiger partial charge in [-0.25, -0.2) is 18.7 Å². The molecular weight excluding hydrogens is 564 g/mol. The highest BCUT2D eigenvalue weighted by Crippen LogP contribution is 2.39. The summed E-state index contributed by atoms with van der Waals surface area (Å²) in [5.74, 6) is -2.03. The van der Waals surface area contributed by atoms with Gasteiger partial charge in [-0.3, -0.25) is 14.3 Å². The third-order valence-corrected chi connectivity index (χ3v) is 7.49. The molecule has 4 heterocycles. The summed E-state index contributed by atoms with van der Waals surface area (Å²) < 4.78 is 62.5. The van der Waals surface area contributed by atoms with Gasteiger partial charge in [0.1, 0.15) is 10.2 Å². The van der Waals surface area contributed by atoms with Gasteiger partial charge >= 0.3 is 11.9 Å². The minimum absolute atomic E-state index is 0.0228. The topological polar surface area (TPSA) is 108 Å². The highest BCUT2D eigenvalue weighted by Gasteiger charge is 2.37. The molecule has 5 rings (SSSR count). The number of alkyl halides is 3. The van der Waals surface area contributed by atoms with Gasteiger partial charge in [0.2, 0.25) is 5.82 Å². The zero-order chi connectivity index (χ0) is 28.2. The summed E-state index contributed by atoms with van der Waals surface area (Å²) in [6, 6.07) is 5.84. The van der Waals surface area contributed by atoms with Crippen molar-refractivity contribution in [1.82, 2.24) is 23.7 Å². The number of nitrogens with zero attached hydrogens (tertiary/aromatic N) is 6. The van der Waals surface area contributed by atoms with E-state index in [-0.39, 0.29) is 50.7 Å². The van der Waals surface area contributed by atoms with Crippen molar-refractivity contribution in [3.05, 3.63) is 68.1 Å². The Hall–Kier alpha value is -4.22. The number of methoxy groups -OCH3 is 1. The Labute approximate surface area is 224 Å². The van der Waals surface area contributed by atoms with Crippen molar-refractivity contribution in [1.29, 1.82) is 5.26 Å². The number of aromatic nitrogens is 5. The predicted octanol–water partition coefficient (Wildman–Crippen LogP) is 4.90. The number of aryl methyl sites for hydroxylation is 2. The van der Waals surface area contributed by atoms with Gasteiger partial charge in [0.15, 0.2) is 11.6 Å². The van der Waals surface area contributed by atoms with Crippen molar-refractivity contribution < 1.29 is 22.3 Å². The molecule has 0 N–H and O–H groups in total. The summed E-state index contributed by atoms with van der Waals surface area (Å²) >= 11 is 7.21. The van der Waals surface area contributed by atoms with Crippen LogP contribution in [0.15, 0.2) is 40.2 Å². The second-order valence-corrected chi connectivity index (χ2v) is 9.75. The minimum Gasteiger partial charge on any atom is -0.494 e. The van der Waals surface area contributed by atoms with Crippen LogP contribution in [0.5, 0.6) is 5.75 Å². The number of thiophene rings is 1. The molecule has 0 spiro atoms. The predicted molar refractivity (Wildman–Crippen MR) is 136 cm³/mol. The Bertz CT molecular complexity index is 1950. The number of nitriles is 1. The fourth-order valence-corrected chi connectivity index (χ4v) is 5.74. The number of hydrogen-bond acceptors (Lipinski definition) is 7. The SMILES string of the molecule is COc1cc(-c2cc3c(s2)c(=O)n(-c2cncc4nc(C(F)(F)F)n(C)c24)c(=O)n3CCC#N)c(Cl)cc1F. The molecule has 0 unspecified atom stereocenters. The van der Waals surface area contributed by atoms with E-state index in [9.17, 15) is 27.2 Å². The maximum absolute atomic E-state index is 14.1. The fourth-order valence-electron chi connectivity index (χ4n) is 4.31. The third kappa shape index (κ3) is 4.23. The van der Waals surface area contributed by atoms with Gasteiger partial charge in [-0.15, -0.1) is 11.3 Å². The van der Waals surface area contributed by atoms with Crippen molar-refractivity contribution in [2.45, 2.75) is 19.1 Å². The van der Waals surface area contributed by atoms with E-state index in [2.05, 4.69) is 9.97 Å². The number of pyridine rings is 1.